The van der Waals surface area contributed by atoms with Crippen LogP contribution in [0.5, 0.6) is 0 Å². The molecule has 1 atom stereocenters. The highest BCUT2D eigenvalue weighted by Gasteiger charge is 2.24. The molecule has 1 fully saturated rings. The van der Waals surface area contributed by atoms with Gasteiger partial charge in [-0.25, -0.2) is 4.39 Å². The van der Waals surface area contributed by atoms with Crippen molar-refractivity contribution in [3.05, 3.63) is 72.0 Å². The number of aromatic nitrogens is 2. The standard InChI is InChI=1S/C23H23FN4O/c1-16-7-4-5-14-28(16)23(29)17-8-6-9-18(15-17)25-22-13-12-21(26-27-22)19-10-2-3-11-20(19)24/h2-3,6,8-13,15-16H,4-5,7,14H2,1H3,(H,25,27). The van der Waals surface area contributed by atoms with Gasteiger partial charge in [-0.15, -0.1) is 10.2 Å². The molecule has 2 heterocycles. The Morgan fingerprint density at radius 3 is 2.69 bits per heavy atom. The van der Waals surface area contributed by atoms with E-state index < -0.39 is 0 Å². The summed E-state index contributed by atoms with van der Waals surface area (Å²) < 4.78 is 13.9. The number of likely N-dealkylation sites (tertiary alicyclic amines) is 1. The maximum atomic E-state index is 13.9. The third-order valence-corrected chi connectivity index (χ3v) is 5.26. The lowest BCUT2D eigenvalue weighted by molar-refractivity contribution is 0.0635. The summed E-state index contributed by atoms with van der Waals surface area (Å²) in [5.74, 6) is 0.253. The van der Waals surface area contributed by atoms with E-state index in [4.69, 9.17) is 0 Å². The number of amides is 1. The molecule has 1 aromatic heterocycles. The molecule has 5 nitrogen and oxygen atoms in total. The number of carbonyl (C=O) groups is 1. The van der Waals surface area contributed by atoms with Crippen molar-refractivity contribution in [2.75, 3.05) is 11.9 Å². The van der Waals surface area contributed by atoms with E-state index in [0.717, 1.165) is 25.1 Å². The van der Waals surface area contributed by atoms with Crippen LogP contribution >= 0.6 is 0 Å². The highest BCUT2D eigenvalue weighted by molar-refractivity contribution is 5.95. The summed E-state index contributed by atoms with van der Waals surface area (Å²) in [4.78, 5) is 14.8. The monoisotopic (exact) mass is 390 g/mol. The molecule has 1 N–H and O–H groups in total. The number of benzene rings is 2. The number of nitrogens with one attached hydrogen (secondary N) is 1. The van der Waals surface area contributed by atoms with Crippen LogP contribution in [0.2, 0.25) is 0 Å². The molecule has 4 rings (SSSR count). The summed E-state index contributed by atoms with van der Waals surface area (Å²) in [5, 5.41) is 11.4. The van der Waals surface area contributed by atoms with Crippen LogP contribution in [-0.2, 0) is 0 Å². The van der Waals surface area contributed by atoms with E-state index in [-0.39, 0.29) is 17.8 Å². The summed E-state index contributed by atoms with van der Waals surface area (Å²) >= 11 is 0. The Hall–Kier alpha value is -3.28. The van der Waals surface area contributed by atoms with Gasteiger partial charge in [0.25, 0.3) is 5.91 Å². The van der Waals surface area contributed by atoms with Crippen LogP contribution in [0.1, 0.15) is 36.5 Å². The van der Waals surface area contributed by atoms with Crippen molar-refractivity contribution >= 4 is 17.4 Å². The molecule has 29 heavy (non-hydrogen) atoms. The third kappa shape index (κ3) is 4.26. The Kier molecular flexibility index (Phi) is 5.51. The van der Waals surface area contributed by atoms with Crippen molar-refractivity contribution in [3.8, 4) is 11.3 Å². The zero-order valence-electron chi connectivity index (χ0n) is 16.3. The highest BCUT2D eigenvalue weighted by Crippen LogP contribution is 2.23. The van der Waals surface area contributed by atoms with Gasteiger partial charge < -0.3 is 10.2 Å². The van der Waals surface area contributed by atoms with Gasteiger partial charge in [0.15, 0.2) is 5.82 Å². The lowest BCUT2D eigenvalue weighted by Gasteiger charge is -2.33. The van der Waals surface area contributed by atoms with Gasteiger partial charge >= 0.3 is 0 Å². The molecule has 0 bridgehead atoms. The van der Waals surface area contributed by atoms with Crippen molar-refractivity contribution in [3.63, 3.8) is 0 Å². The molecule has 1 aliphatic rings. The Balaban J connectivity index is 1.49. The van der Waals surface area contributed by atoms with Crippen LogP contribution < -0.4 is 5.32 Å². The summed E-state index contributed by atoms with van der Waals surface area (Å²) in [6.45, 7) is 2.91. The van der Waals surface area contributed by atoms with Crippen LogP contribution in [0, 0.1) is 5.82 Å². The van der Waals surface area contributed by atoms with Gasteiger partial charge in [-0.3, -0.25) is 4.79 Å². The largest absolute Gasteiger partial charge is 0.339 e. The van der Waals surface area contributed by atoms with Crippen LogP contribution in [0.3, 0.4) is 0 Å². The lowest BCUT2D eigenvalue weighted by Crippen LogP contribution is -2.42. The van der Waals surface area contributed by atoms with E-state index in [1.54, 1.807) is 30.3 Å². The van der Waals surface area contributed by atoms with E-state index in [0.29, 0.717) is 22.6 Å². The van der Waals surface area contributed by atoms with Crippen molar-refractivity contribution in [1.29, 1.82) is 0 Å². The number of hydrogen-bond acceptors (Lipinski definition) is 4. The minimum absolute atomic E-state index is 0.0573. The van der Waals surface area contributed by atoms with E-state index in [9.17, 15) is 9.18 Å². The first-order chi connectivity index (χ1) is 14.1. The smallest absolute Gasteiger partial charge is 0.254 e. The van der Waals surface area contributed by atoms with E-state index in [1.165, 1.54) is 12.5 Å². The van der Waals surface area contributed by atoms with Gasteiger partial charge in [-0.05, 0) is 68.7 Å². The zero-order chi connectivity index (χ0) is 20.2. The molecule has 1 unspecified atom stereocenters. The molecule has 1 saturated heterocycles. The topological polar surface area (TPSA) is 58.1 Å². The van der Waals surface area contributed by atoms with E-state index >= 15 is 0 Å². The fourth-order valence-corrected chi connectivity index (χ4v) is 3.66. The molecule has 1 aliphatic heterocycles. The number of halogens is 1. The van der Waals surface area contributed by atoms with Crippen LogP contribution in [-0.4, -0.2) is 33.6 Å². The van der Waals surface area contributed by atoms with Gasteiger partial charge in [-0.1, -0.05) is 18.2 Å². The number of rotatable bonds is 4. The maximum Gasteiger partial charge on any atom is 0.254 e. The van der Waals surface area contributed by atoms with Gasteiger partial charge in [0, 0.05) is 29.4 Å². The van der Waals surface area contributed by atoms with Crippen molar-refractivity contribution in [2.45, 2.75) is 32.2 Å². The predicted molar refractivity (Wildman–Crippen MR) is 112 cm³/mol. The molecule has 0 aliphatic carbocycles. The quantitative estimate of drug-likeness (QED) is 0.678. The first-order valence-corrected chi connectivity index (χ1v) is 9.88. The zero-order valence-corrected chi connectivity index (χ0v) is 16.3. The second-order valence-corrected chi connectivity index (χ2v) is 7.33. The molecule has 2 aromatic carbocycles. The molecule has 0 radical (unpaired) electrons. The molecular weight excluding hydrogens is 367 g/mol. The SMILES string of the molecule is CC1CCCCN1C(=O)c1cccc(Nc2ccc(-c3ccccc3F)nn2)c1. The third-order valence-electron chi connectivity index (χ3n) is 5.26. The Labute approximate surface area is 169 Å². The first kappa shape index (κ1) is 19.1. The molecule has 3 aromatic rings. The van der Waals surface area contributed by atoms with Gasteiger partial charge in [0.1, 0.15) is 5.82 Å². The maximum absolute atomic E-state index is 13.9. The Morgan fingerprint density at radius 1 is 1.07 bits per heavy atom. The van der Waals surface area contributed by atoms with Crippen molar-refractivity contribution < 1.29 is 9.18 Å². The van der Waals surface area contributed by atoms with Crippen molar-refractivity contribution in [1.82, 2.24) is 15.1 Å². The lowest BCUT2D eigenvalue weighted by atomic mass is 10.0. The van der Waals surface area contributed by atoms with Crippen molar-refractivity contribution in [2.24, 2.45) is 0 Å². The van der Waals surface area contributed by atoms with E-state index in [1.807, 2.05) is 29.2 Å². The Bertz CT molecular complexity index is 1010. The summed E-state index contributed by atoms with van der Waals surface area (Å²) in [5.41, 5.74) is 2.29. The average molecular weight is 390 g/mol. The predicted octanol–water partition coefficient (Wildman–Crippen LogP) is 5.04. The van der Waals surface area contributed by atoms with Crippen LogP contribution in [0.15, 0.2) is 60.7 Å². The molecule has 0 saturated carbocycles. The van der Waals surface area contributed by atoms with Gasteiger partial charge in [0.2, 0.25) is 0 Å². The van der Waals surface area contributed by atoms with Crippen LogP contribution in [0.25, 0.3) is 11.3 Å². The fraction of sp³-hybridized carbons (Fsp3) is 0.261. The summed E-state index contributed by atoms with van der Waals surface area (Å²) in [6.07, 6.45) is 3.28. The highest BCUT2D eigenvalue weighted by atomic mass is 19.1. The van der Waals surface area contributed by atoms with E-state index in [2.05, 4.69) is 22.4 Å². The number of piperidine rings is 1. The number of carbonyl (C=O) groups excluding carboxylic acids is 1. The first-order valence-electron chi connectivity index (χ1n) is 9.88. The fourth-order valence-electron chi connectivity index (χ4n) is 3.66. The number of hydrogen-bond donors (Lipinski definition) is 1. The average Bonchev–Trinajstić information content (AvgIpc) is 2.75. The number of anilines is 2. The minimum atomic E-state index is -0.333. The number of nitrogens with zero attached hydrogens (tertiary/aromatic N) is 3. The Morgan fingerprint density at radius 2 is 1.93 bits per heavy atom. The molecule has 148 valence electrons. The second kappa shape index (κ2) is 8.39. The second-order valence-electron chi connectivity index (χ2n) is 7.33. The summed E-state index contributed by atoms with van der Waals surface area (Å²) in [7, 11) is 0. The summed E-state index contributed by atoms with van der Waals surface area (Å²) in [6, 6.07) is 17.6. The van der Waals surface area contributed by atoms with Gasteiger partial charge in [-0.2, -0.15) is 0 Å². The van der Waals surface area contributed by atoms with Crippen LogP contribution in [0.4, 0.5) is 15.9 Å². The minimum Gasteiger partial charge on any atom is -0.339 e. The molecule has 1 amide bonds. The molecule has 6 heteroatoms. The van der Waals surface area contributed by atoms with Gasteiger partial charge in [0.05, 0.1) is 5.69 Å². The molecule has 0 spiro atoms. The normalized spacial score (nSPS) is 16.5. The molecular formula is C23H23FN4O.